The maximum Gasteiger partial charge on any atom is 0.321 e. The Morgan fingerprint density at radius 2 is 1.71 bits per heavy atom. The first kappa shape index (κ1) is 24.3. The number of hydrogen-bond acceptors (Lipinski definition) is 4. The van der Waals surface area contributed by atoms with Gasteiger partial charge in [-0.25, -0.2) is 4.79 Å². The summed E-state index contributed by atoms with van der Waals surface area (Å²) in [4.78, 5) is 45.5. The summed E-state index contributed by atoms with van der Waals surface area (Å²) < 4.78 is 0. The van der Waals surface area contributed by atoms with Crippen molar-refractivity contribution in [3.63, 3.8) is 0 Å². The largest absolute Gasteiger partial charge is 0.348 e. The van der Waals surface area contributed by atoms with Crippen LogP contribution in [-0.2, 0) is 4.79 Å². The summed E-state index contributed by atoms with van der Waals surface area (Å²) in [6.07, 6.45) is 0.993. The van der Waals surface area contributed by atoms with Crippen LogP contribution in [0.5, 0.6) is 0 Å². The molecule has 1 atom stereocenters. The molecule has 2 aromatic rings. The molecule has 0 saturated carbocycles. The smallest absolute Gasteiger partial charge is 0.321 e. The number of likely N-dealkylation sites (N-methyl/N-ethyl adjacent to an activating group) is 1. The monoisotopic (exact) mass is 473 g/mol. The number of likely N-dealkylation sites (tertiary alicyclic amines) is 1. The van der Waals surface area contributed by atoms with Crippen LogP contribution in [-0.4, -0.2) is 71.3 Å². The van der Waals surface area contributed by atoms with Gasteiger partial charge in [-0.15, -0.1) is 0 Å². The summed E-state index contributed by atoms with van der Waals surface area (Å²) in [5.74, 6) is -0.600. The molecule has 4 rings (SSSR count). The molecule has 2 aliphatic rings. The SMILES string of the molecule is CC(C)N1C(=O)c2ccccc2C(C(=O)N(C)C)C12CCN(C(=O)Nc1ccc(C#N)cc1)CC2. The molecule has 0 radical (unpaired) electrons. The highest BCUT2D eigenvalue weighted by atomic mass is 16.2. The molecular weight excluding hydrogens is 442 g/mol. The van der Waals surface area contributed by atoms with Crippen LogP contribution < -0.4 is 5.32 Å². The van der Waals surface area contributed by atoms with Crippen LogP contribution in [0.1, 0.15) is 54.1 Å². The van der Waals surface area contributed by atoms with Crippen molar-refractivity contribution < 1.29 is 14.4 Å². The molecule has 182 valence electrons. The first-order valence-corrected chi connectivity index (χ1v) is 11.9. The quantitative estimate of drug-likeness (QED) is 0.736. The summed E-state index contributed by atoms with van der Waals surface area (Å²) in [6.45, 7) is 4.79. The fraction of sp³-hybridized carbons (Fsp3) is 0.407. The third-order valence-corrected chi connectivity index (χ3v) is 7.12. The van der Waals surface area contributed by atoms with Crippen molar-refractivity contribution >= 4 is 23.5 Å². The Kier molecular flexibility index (Phi) is 6.53. The van der Waals surface area contributed by atoms with E-state index in [9.17, 15) is 14.4 Å². The Hall–Kier alpha value is -3.86. The minimum absolute atomic E-state index is 0.0360. The van der Waals surface area contributed by atoms with Crippen LogP contribution in [0.15, 0.2) is 48.5 Å². The van der Waals surface area contributed by atoms with Crippen molar-refractivity contribution in [1.82, 2.24) is 14.7 Å². The molecule has 1 saturated heterocycles. The fourth-order valence-electron chi connectivity index (χ4n) is 5.53. The molecule has 8 heteroatoms. The fourth-order valence-corrected chi connectivity index (χ4v) is 5.53. The van der Waals surface area contributed by atoms with Crippen LogP contribution >= 0.6 is 0 Å². The number of nitriles is 1. The third-order valence-electron chi connectivity index (χ3n) is 7.12. The van der Waals surface area contributed by atoms with Crippen molar-refractivity contribution in [3.05, 3.63) is 65.2 Å². The van der Waals surface area contributed by atoms with E-state index in [4.69, 9.17) is 5.26 Å². The van der Waals surface area contributed by atoms with Crippen molar-refractivity contribution in [2.45, 2.75) is 44.2 Å². The number of fused-ring (bicyclic) bond motifs is 1. The number of rotatable bonds is 3. The lowest BCUT2D eigenvalue weighted by Crippen LogP contribution is -2.67. The van der Waals surface area contributed by atoms with Gasteiger partial charge < -0.3 is 20.0 Å². The lowest BCUT2D eigenvalue weighted by atomic mass is 9.66. The third kappa shape index (κ3) is 4.23. The van der Waals surface area contributed by atoms with Crippen molar-refractivity contribution in [2.24, 2.45) is 0 Å². The van der Waals surface area contributed by atoms with Crippen LogP contribution in [0, 0.1) is 11.3 Å². The summed E-state index contributed by atoms with van der Waals surface area (Å²) in [7, 11) is 3.49. The lowest BCUT2D eigenvalue weighted by Gasteiger charge is -2.56. The molecule has 2 aromatic carbocycles. The Balaban J connectivity index is 1.64. The van der Waals surface area contributed by atoms with Crippen molar-refractivity contribution in [2.75, 3.05) is 32.5 Å². The molecule has 1 fully saturated rings. The van der Waals surface area contributed by atoms with Crippen LogP contribution in [0.25, 0.3) is 0 Å². The van der Waals surface area contributed by atoms with Gasteiger partial charge >= 0.3 is 6.03 Å². The highest BCUT2D eigenvalue weighted by Crippen LogP contribution is 2.48. The number of urea groups is 1. The van der Waals surface area contributed by atoms with Gasteiger partial charge in [-0.2, -0.15) is 5.26 Å². The second-order valence-corrected chi connectivity index (χ2v) is 9.73. The first-order valence-electron chi connectivity index (χ1n) is 11.9. The van der Waals surface area contributed by atoms with E-state index in [0.717, 1.165) is 5.56 Å². The Morgan fingerprint density at radius 1 is 1.09 bits per heavy atom. The van der Waals surface area contributed by atoms with E-state index in [1.807, 2.05) is 36.9 Å². The van der Waals surface area contributed by atoms with E-state index in [0.29, 0.717) is 42.7 Å². The zero-order valence-electron chi connectivity index (χ0n) is 20.6. The molecular formula is C27H31N5O3. The molecule has 1 spiro atoms. The van der Waals surface area contributed by atoms with Crippen LogP contribution in [0.2, 0.25) is 0 Å². The Bertz CT molecular complexity index is 1170. The topological polar surface area (TPSA) is 96.8 Å². The standard InChI is InChI=1S/C27H31N5O3/c1-18(2)32-24(33)22-8-6-5-7-21(22)23(25(34)30(3)4)27(32)13-15-31(16-14-27)26(35)29-20-11-9-19(17-28)10-12-20/h5-12,18,23H,13-16H2,1-4H3,(H,29,35). The van der Waals surface area contributed by atoms with Gasteiger partial charge in [-0.3, -0.25) is 9.59 Å². The molecule has 0 bridgehead atoms. The van der Waals surface area contributed by atoms with Gasteiger partial charge in [0.1, 0.15) is 0 Å². The lowest BCUT2D eigenvalue weighted by molar-refractivity contribution is -0.136. The maximum atomic E-state index is 13.7. The van der Waals surface area contributed by atoms with Gasteiger partial charge in [0, 0.05) is 44.5 Å². The molecule has 0 aliphatic carbocycles. The van der Waals surface area contributed by atoms with Gasteiger partial charge in [0.25, 0.3) is 5.91 Å². The number of piperidine rings is 1. The molecule has 2 heterocycles. The highest BCUT2D eigenvalue weighted by molar-refractivity contribution is 6.02. The van der Waals surface area contributed by atoms with E-state index < -0.39 is 11.5 Å². The second-order valence-electron chi connectivity index (χ2n) is 9.73. The molecule has 35 heavy (non-hydrogen) atoms. The predicted octanol–water partition coefficient (Wildman–Crippen LogP) is 3.66. The summed E-state index contributed by atoms with van der Waals surface area (Å²) in [5, 5.41) is 11.9. The minimum atomic E-state index is -0.716. The van der Waals surface area contributed by atoms with E-state index in [1.54, 1.807) is 54.2 Å². The van der Waals surface area contributed by atoms with Crippen molar-refractivity contribution in [1.29, 1.82) is 5.26 Å². The predicted molar refractivity (Wildman–Crippen MR) is 133 cm³/mol. The summed E-state index contributed by atoms with van der Waals surface area (Å²) in [5.41, 5.74) is 1.76. The molecule has 1 N–H and O–H groups in total. The van der Waals surface area contributed by atoms with E-state index in [2.05, 4.69) is 11.4 Å². The number of benzene rings is 2. The Morgan fingerprint density at radius 3 is 2.29 bits per heavy atom. The number of anilines is 1. The number of hydrogen-bond donors (Lipinski definition) is 1. The molecule has 2 aliphatic heterocycles. The zero-order valence-corrected chi connectivity index (χ0v) is 20.6. The number of nitrogens with one attached hydrogen (secondary N) is 1. The van der Waals surface area contributed by atoms with Gasteiger partial charge in [-0.05, 0) is 62.6 Å². The average molecular weight is 474 g/mol. The van der Waals surface area contributed by atoms with E-state index >= 15 is 0 Å². The van der Waals surface area contributed by atoms with Crippen LogP contribution in [0.4, 0.5) is 10.5 Å². The summed E-state index contributed by atoms with van der Waals surface area (Å²) >= 11 is 0. The molecule has 4 amide bonds. The summed E-state index contributed by atoms with van der Waals surface area (Å²) in [6, 6.07) is 15.8. The normalized spacial score (nSPS) is 18.7. The number of nitrogens with zero attached hydrogens (tertiary/aromatic N) is 4. The van der Waals surface area contributed by atoms with Crippen molar-refractivity contribution in [3.8, 4) is 6.07 Å². The molecule has 8 nitrogen and oxygen atoms in total. The number of carbonyl (C=O) groups excluding carboxylic acids is 3. The zero-order chi connectivity index (χ0) is 25.3. The molecule has 1 unspecified atom stereocenters. The molecule has 0 aromatic heterocycles. The van der Waals surface area contributed by atoms with Gasteiger partial charge in [-0.1, -0.05) is 18.2 Å². The maximum absolute atomic E-state index is 13.7. The Labute approximate surface area is 206 Å². The average Bonchev–Trinajstić information content (AvgIpc) is 2.84. The van der Waals surface area contributed by atoms with E-state index in [1.165, 1.54) is 0 Å². The highest BCUT2D eigenvalue weighted by Gasteiger charge is 2.56. The second kappa shape index (κ2) is 9.41. The van der Waals surface area contributed by atoms with Gasteiger partial charge in [0.15, 0.2) is 0 Å². The number of carbonyl (C=O) groups is 3. The first-order chi connectivity index (χ1) is 16.7. The number of amides is 4. The minimum Gasteiger partial charge on any atom is -0.348 e. The van der Waals surface area contributed by atoms with Gasteiger partial charge in [0.05, 0.1) is 23.1 Å². The van der Waals surface area contributed by atoms with Gasteiger partial charge in [0.2, 0.25) is 5.91 Å². The van der Waals surface area contributed by atoms with Crippen LogP contribution in [0.3, 0.4) is 0 Å². The van der Waals surface area contributed by atoms with E-state index in [-0.39, 0.29) is 23.9 Å².